The van der Waals surface area contributed by atoms with Crippen LogP contribution >= 0.6 is 0 Å². The van der Waals surface area contributed by atoms with Crippen LogP contribution in [0.1, 0.15) is 21.7 Å². The van der Waals surface area contributed by atoms with Crippen molar-refractivity contribution in [3.63, 3.8) is 0 Å². The molecule has 0 aliphatic rings. The fourth-order valence-corrected chi connectivity index (χ4v) is 2.31. The van der Waals surface area contributed by atoms with Crippen LogP contribution in [-0.4, -0.2) is 56.8 Å². The van der Waals surface area contributed by atoms with Crippen molar-refractivity contribution in [2.24, 2.45) is 5.10 Å². The van der Waals surface area contributed by atoms with Crippen LogP contribution in [0.4, 0.5) is 5.82 Å². The number of amides is 1. The standard InChI is InChI=1S/C15H16N8O5/c1-7-11(23(22-18-7)14-13(16)20-28-21-14)15(25)19-17-6-8-4-9(26-2)12(24)10(5-8)27-3/h4-6,24H,1-3H3,(H2,16,20)(H,19,25)/b17-6-. The van der Waals surface area contributed by atoms with Gasteiger partial charge in [0.1, 0.15) is 0 Å². The number of carbonyl (C=O) groups is 1. The molecule has 0 aliphatic carbocycles. The number of aromatic nitrogens is 5. The fraction of sp³-hybridized carbons (Fsp3) is 0.200. The molecule has 0 bridgehead atoms. The Morgan fingerprint density at radius 1 is 1.32 bits per heavy atom. The Balaban J connectivity index is 1.82. The molecule has 1 aromatic carbocycles. The van der Waals surface area contributed by atoms with E-state index in [2.05, 4.69) is 35.8 Å². The molecule has 28 heavy (non-hydrogen) atoms. The van der Waals surface area contributed by atoms with E-state index in [1.807, 2.05) is 0 Å². The Labute approximate surface area is 157 Å². The number of hydrogen-bond acceptors (Lipinski definition) is 11. The Kier molecular flexibility index (Phi) is 5.06. The summed E-state index contributed by atoms with van der Waals surface area (Å²) >= 11 is 0. The normalized spacial score (nSPS) is 11.0. The van der Waals surface area contributed by atoms with Gasteiger partial charge in [-0.05, 0) is 29.4 Å². The molecule has 13 heteroatoms. The number of rotatable bonds is 6. The third-order valence-corrected chi connectivity index (χ3v) is 3.63. The van der Waals surface area contributed by atoms with Crippen LogP contribution in [0, 0.1) is 6.92 Å². The van der Waals surface area contributed by atoms with Crippen LogP contribution in [-0.2, 0) is 0 Å². The van der Waals surface area contributed by atoms with Crippen molar-refractivity contribution in [1.29, 1.82) is 0 Å². The van der Waals surface area contributed by atoms with Crippen molar-refractivity contribution >= 4 is 17.9 Å². The van der Waals surface area contributed by atoms with E-state index < -0.39 is 5.91 Å². The summed E-state index contributed by atoms with van der Waals surface area (Å²) in [6.45, 7) is 1.58. The molecule has 3 aromatic rings. The summed E-state index contributed by atoms with van der Waals surface area (Å²) in [7, 11) is 2.80. The number of benzene rings is 1. The van der Waals surface area contributed by atoms with Crippen molar-refractivity contribution in [3.05, 3.63) is 29.1 Å². The third kappa shape index (κ3) is 3.40. The van der Waals surface area contributed by atoms with E-state index in [9.17, 15) is 9.90 Å². The second-order valence-corrected chi connectivity index (χ2v) is 5.38. The van der Waals surface area contributed by atoms with E-state index in [1.54, 1.807) is 6.92 Å². The lowest BCUT2D eigenvalue weighted by Crippen LogP contribution is -2.22. The van der Waals surface area contributed by atoms with E-state index in [0.717, 1.165) is 4.68 Å². The van der Waals surface area contributed by atoms with Gasteiger partial charge in [0.25, 0.3) is 5.91 Å². The number of hydrazone groups is 1. The minimum absolute atomic E-state index is 0.0303. The number of methoxy groups -OCH3 is 2. The number of nitrogens with two attached hydrogens (primary N) is 1. The van der Waals surface area contributed by atoms with Gasteiger partial charge in [-0.3, -0.25) is 4.79 Å². The van der Waals surface area contributed by atoms with Gasteiger partial charge in [0, 0.05) is 5.56 Å². The number of phenolic OH excluding ortho intramolecular Hbond substituents is 1. The monoisotopic (exact) mass is 388 g/mol. The average molecular weight is 388 g/mol. The smallest absolute Gasteiger partial charge is 0.292 e. The number of aryl methyl sites for hydroxylation is 1. The number of nitrogens with zero attached hydrogens (tertiary/aromatic N) is 6. The highest BCUT2D eigenvalue weighted by Gasteiger charge is 2.22. The van der Waals surface area contributed by atoms with Gasteiger partial charge in [-0.2, -0.15) is 9.78 Å². The third-order valence-electron chi connectivity index (χ3n) is 3.63. The second-order valence-electron chi connectivity index (χ2n) is 5.38. The van der Waals surface area contributed by atoms with Crippen LogP contribution in [0.3, 0.4) is 0 Å². The number of hydrogen-bond donors (Lipinski definition) is 3. The van der Waals surface area contributed by atoms with Gasteiger partial charge >= 0.3 is 0 Å². The molecule has 4 N–H and O–H groups in total. The fourth-order valence-electron chi connectivity index (χ4n) is 2.31. The van der Waals surface area contributed by atoms with Gasteiger partial charge in [-0.1, -0.05) is 5.21 Å². The first-order chi connectivity index (χ1) is 13.5. The van der Waals surface area contributed by atoms with Gasteiger partial charge < -0.3 is 20.3 Å². The Morgan fingerprint density at radius 2 is 2.00 bits per heavy atom. The van der Waals surface area contributed by atoms with Gasteiger partial charge in [0.15, 0.2) is 17.2 Å². The summed E-state index contributed by atoms with van der Waals surface area (Å²) < 4.78 is 15.7. The van der Waals surface area contributed by atoms with Gasteiger partial charge in [-0.15, -0.1) is 5.10 Å². The zero-order valence-corrected chi connectivity index (χ0v) is 15.1. The maximum Gasteiger partial charge on any atom is 0.292 e. The zero-order valence-electron chi connectivity index (χ0n) is 15.1. The van der Waals surface area contributed by atoms with E-state index in [-0.39, 0.29) is 34.6 Å². The summed E-state index contributed by atoms with van der Waals surface area (Å²) in [6, 6.07) is 3.04. The molecule has 3 rings (SSSR count). The molecule has 0 fully saturated rings. The Hall–Kier alpha value is -4.16. The van der Waals surface area contributed by atoms with Gasteiger partial charge in [-0.25, -0.2) is 10.1 Å². The lowest BCUT2D eigenvalue weighted by molar-refractivity contribution is 0.0946. The quantitative estimate of drug-likeness (QED) is 0.385. The summed E-state index contributed by atoms with van der Waals surface area (Å²) in [5.74, 6) is -0.388. The highest BCUT2D eigenvalue weighted by Crippen LogP contribution is 2.36. The summed E-state index contributed by atoms with van der Waals surface area (Å²) in [5, 5.41) is 28.5. The van der Waals surface area contributed by atoms with Crippen molar-refractivity contribution in [3.8, 4) is 23.1 Å². The van der Waals surface area contributed by atoms with E-state index in [4.69, 9.17) is 15.2 Å². The SMILES string of the molecule is COc1cc(/C=N\NC(=O)c2c(C)nnn2-c2nonc2N)cc(OC)c1O. The van der Waals surface area contributed by atoms with Gasteiger partial charge in [0.05, 0.1) is 26.1 Å². The van der Waals surface area contributed by atoms with Crippen LogP contribution in [0.2, 0.25) is 0 Å². The van der Waals surface area contributed by atoms with E-state index in [0.29, 0.717) is 11.3 Å². The number of carbonyl (C=O) groups excluding carboxylic acids is 1. The molecule has 0 aliphatic heterocycles. The number of aromatic hydroxyl groups is 1. The zero-order chi connectivity index (χ0) is 20.3. The molecular weight excluding hydrogens is 372 g/mol. The second kappa shape index (κ2) is 7.61. The van der Waals surface area contributed by atoms with Crippen molar-refractivity contribution in [2.75, 3.05) is 20.0 Å². The van der Waals surface area contributed by atoms with Crippen molar-refractivity contribution in [1.82, 2.24) is 30.7 Å². The predicted octanol–water partition coefficient (Wildman–Crippen LogP) is 0.0276. The Morgan fingerprint density at radius 3 is 2.57 bits per heavy atom. The van der Waals surface area contributed by atoms with Crippen LogP contribution in [0.5, 0.6) is 17.2 Å². The topological polar surface area (TPSA) is 176 Å². The molecular formula is C15H16N8O5. The number of ether oxygens (including phenoxy) is 2. The largest absolute Gasteiger partial charge is 0.502 e. The highest BCUT2D eigenvalue weighted by molar-refractivity contribution is 5.95. The summed E-state index contributed by atoms with van der Waals surface area (Å²) in [4.78, 5) is 12.5. The minimum atomic E-state index is -0.612. The molecule has 2 heterocycles. The van der Waals surface area contributed by atoms with Gasteiger partial charge in [0.2, 0.25) is 17.4 Å². The van der Waals surface area contributed by atoms with Crippen LogP contribution < -0.4 is 20.6 Å². The van der Waals surface area contributed by atoms with E-state index >= 15 is 0 Å². The molecule has 2 aromatic heterocycles. The molecule has 0 unspecified atom stereocenters. The molecule has 146 valence electrons. The molecule has 0 spiro atoms. The first-order valence-corrected chi connectivity index (χ1v) is 7.75. The highest BCUT2D eigenvalue weighted by atomic mass is 16.6. The van der Waals surface area contributed by atoms with Crippen molar-refractivity contribution in [2.45, 2.75) is 6.92 Å². The summed E-state index contributed by atoms with van der Waals surface area (Å²) in [6.07, 6.45) is 1.35. The average Bonchev–Trinajstić information content (AvgIpc) is 3.27. The number of nitrogens with one attached hydrogen (secondary N) is 1. The first kappa shape index (κ1) is 18.6. The molecule has 0 saturated carbocycles. The molecule has 0 radical (unpaired) electrons. The number of phenols is 1. The van der Waals surface area contributed by atoms with E-state index in [1.165, 1.54) is 32.6 Å². The first-order valence-electron chi connectivity index (χ1n) is 7.75. The molecule has 0 atom stereocenters. The lowest BCUT2D eigenvalue weighted by atomic mass is 10.2. The summed E-state index contributed by atoms with van der Waals surface area (Å²) in [5.41, 5.74) is 8.88. The van der Waals surface area contributed by atoms with Crippen molar-refractivity contribution < 1.29 is 24.0 Å². The predicted molar refractivity (Wildman–Crippen MR) is 94.6 cm³/mol. The lowest BCUT2D eigenvalue weighted by Gasteiger charge is -2.09. The van der Waals surface area contributed by atoms with Crippen LogP contribution in [0.25, 0.3) is 5.82 Å². The molecule has 1 amide bonds. The minimum Gasteiger partial charge on any atom is -0.502 e. The molecule has 0 saturated heterocycles. The Bertz CT molecular complexity index is 1020. The van der Waals surface area contributed by atoms with Crippen LogP contribution in [0.15, 0.2) is 21.9 Å². The molecule has 13 nitrogen and oxygen atoms in total. The number of anilines is 1. The maximum atomic E-state index is 12.5. The maximum absolute atomic E-state index is 12.5. The number of nitrogen functional groups attached to an aromatic ring is 1.